The van der Waals surface area contributed by atoms with Crippen LogP contribution in [0.1, 0.15) is 0 Å². The molecule has 0 amide bonds. The van der Waals surface area contributed by atoms with Crippen molar-refractivity contribution >= 4 is 842 Å². The highest BCUT2D eigenvalue weighted by Gasteiger charge is 2.70. The van der Waals surface area contributed by atoms with Crippen LogP contribution in [0.3, 0.4) is 0 Å². The van der Waals surface area contributed by atoms with E-state index < -0.39 is 371 Å². The zero-order chi connectivity index (χ0) is 94.2. The minimum absolute atomic E-state index is 0.908. The van der Waals surface area contributed by atoms with Crippen molar-refractivity contribution < 1.29 is 0 Å². The standard InChI is InChI=1S/B118P/c1-61-91(60)106(90(58)59)114(107(92(62(2)3)63(4)5)93(64(6)7)65(8)9)118(115(108(94(66(10)11)67(12)13)95(68(14)15)69(16)17)109(96(70(18)19)71(20)21)97(72(22)23)73(24)25)119(116(110(98(74(26)27)75(28)29)99(76(30)31)77(32)33)111(100(78(34)35)79(36)37)101(80(38)39)81(40)41)117(112(102(82(42)43)83(44)45)103(84(46)47)85(48)49)113(104(86(50)51)87(52)53)105(88(54)55)89(56)57. The average Bonchev–Trinajstić information content (AvgIpc) is 0.701. The van der Waals surface area contributed by atoms with E-state index in [0.717, 1.165) is 7.06 Å². The molecule has 0 bridgehead atoms. The van der Waals surface area contributed by atoms with Gasteiger partial charge in [-0.3, -0.25) is 7.56 Å². The fourth-order valence-corrected chi connectivity index (χ4v) is 26.8. The normalized spacial score (nSPS) is 9.92. The van der Waals surface area contributed by atoms with Crippen LogP contribution in [0.15, 0.2) is 0 Å². The summed E-state index contributed by atoms with van der Waals surface area (Å²) in [5, 5.41) is 0. The molecule has 0 aliphatic rings. The van der Waals surface area contributed by atoms with Crippen molar-refractivity contribution in [2.24, 2.45) is 0 Å². The molecule has 0 aromatic rings. The van der Waals surface area contributed by atoms with Crippen LogP contribution in [-0.4, -0.2) is 835 Å². The molecule has 359 valence electrons. The van der Waals surface area contributed by atoms with Crippen LogP contribution in [0.4, 0.5) is 0 Å². The van der Waals surface area contributed by atoms with E-state index in [4.69, 9.17) is 464 Å². The Morgan fingerprint density at radius 1 is 0.101 bits per heavy atom. The van der Waals surface area contributed by atoms with Crippen LogP contribution < -0.4 is 0 Å². The predicted octanol–water partition coefficient (Wildman–Crippen LogP) is -44.1. The summed E-state index contributed by atoms with van der Waals surface area (Å²) in [5.41, 5.74) is 0. The van der Waals surface area contributed by atoms with Gasteiger partial charge in [0.2, 0.25) is 0 Å². The van der Waals surface area contributed by atoms with Gasteiger partial charge in [0.05, 0.1) is 18.6 Å². The molecule has 0 aliphatic carbocycles. The summed E-state index contributed by atoms with van der Waals surface area (Å²) in [7, 11) is 437. The Morgan fingerprint density at radius 3 is 0.261 bits per heavy atom. The zero-order valence-corrected chi connectivity index (χ0v) is 69.5. The van der Waals surface area contributed by atoms with E-state index in [-0.39, 0.29) is 0 Å². The van der Waals surface area contributed by atoms with E-state index >= 15 is 0 Å². The molecule has 119 heavy (non-hydrogen) atoms. The lowest BCUT2D eigenvalue weighted by Gasteiger charge is -2.65. The summed E-state index contributed by atoms with van der Waals surface area (Å²) in [6.45, 7) is 0. The molecule has 0 fully saturated rings. The van der Waals surface area contributed by atoms with Gasteiger partial charge < -0.3 is 0 Å². The molecule has 0 saturated carbocycles. The van der Waals surface area contributed by atoms with E-state index in [9.17, 15) is 0 Å². The van der Waals surface area contributed by atoms with Crippen molar-refractivity contribution in [1.82, 2.24) is 0 Å². The second-order valence-corrected chi connectivity index (χ2v) is 36.0. The zero-order valence-electron chi connectivity index (χ0n) is 68.6. The minimum atomic E-state index is -4.19. The molecule has 0 atom stereocenters. The topological polar surface area (TPSA) is 0 Å². The first-order valence-electron chi connectivity index (χ1n) is 39.1. The van der Waals surface area contributed by atoms with E-state index in [0.29, 0.717) is 0 Å². The predicted molar refractivity (Wildman–Crippen MR) is 686 cm³/mol. The maximum Gasteiger partial charge on any atom is 0.0527 e. The van der Waals surface area contributed by atoms with Gasteiger partial charge in [-0.15, -0.1) is 0 Å². The highest BCUT2D eigenvalue weighted by atomic mass is 31.1. The Kier molecular flexibility index (Phi) is 62.9. The van der Waals surface area contributed by atoms with E-state index in [1.807, 2.05) is 0 Å². The van der Waals surface area contributed by atoms with E-state index in [1.165, 1.54) is 0 Å². The summed E-state index contributed by atoms with van der Waals surface area (Å²) in [5.74, 6) is 0. The second kappa shape index (κ2) is 58.9. The fraction of sp³-hybridized carbons (Fsp3) is 0. The lowest BCUT2D eigenvalue weighted by molar-refractivity contribution is 3.17. The number of rotatable bonds is 58. The van der Waals surface area contributed by atoms with Crippen molar-refractivity contribution in [3.8, 4) is 0 Å². The highest BCUT2D eigenvalue weighted by molar-refractivity contribution is 8.65. The van der Waals surface area contributed by atoms with E-state index in [1.54, 1.807) is 0 Å². The Morgan fingerprint density at radius 2 is 0.176 bits per heavy atom. The molecule has 121 radical (unpaired) electrons. The molecule has 0 aromatic heterocycles. The van der Waals surface area contributed by atoms with E-state index in [2.05, 4.69) is 0 Å². The summed E-state index contributed by atoms with van der Waals surface area (Å²) in [6.07, 6.45) is -118. The van der Waals surface area contributed by atoms with Crippen molar-refractivity contribution in [2.45, 2.75) is 0 Å². The summed E-state index contributed by atoms with van der Waals surface area (Å²) in [4.78, 5) is 0. The van der Waals surface area contributed by atoms with Gasteiger partial charge in [-0.25, -0.2) is 0 Å². The summed E-state index contributed by atoms with van der Waals surface area (Å²) < 4.78 is 0. The molecule has 0 unspecified atom stereocenters. The minimum Gasteiger partial charge on any atom is -0.253 e. The lowest BCUT2D eigenvalue weighted by atomic mass is 8.28. The second-order valence-electron chi connectivity index (χ2n) is 33.3. The number of hydrogen-bond donors (Lipinski definition) is 0. The molecule has 0 aromatic carbocycles. The molecule has 0 N–H and O–H groups in total. The summed E-state index contributed by atoms with van der Waals surface area (Å²) >= 11 is 0. The van der Waals surface area contributed by atoms with Gasteiger partial charge in [-0.1, -0.05) is 0 Å². The Hall–Kier alpha value is 8.09. The first-order chi connectivity index (χ1) is 54.2. The largest absolute Gasteiger partial charge is 0.253 e. The first-order valence-corrected chi connectivity index (χ1v) is 40.7. The molecule has 0 aliphatic heterocycles. The maximum absolute atomic E-state index is 7.76. The molecule has 0 saturated heterocycles. The van der Waals surface area contributed by atoms with Crippen molar-refractivity contribution in [2.75, 3.05) is 0 Å². The molecule has 0 rings (SSSR count). The molecule has 0 heterocycles. The Labute approximate surface area is 833 Å². The van der Waals surface area contributed by atoms with Crippen LogP contribution in [0.25, 0.3) is 0 Å². The fourth-order valence-electron chi connectivity index (χ4n) is 20.8. The van der Waals surface area contributed by atoms with Crippen LogP contribution in [0.5, 0.6) is 0 Å². The van der Waals surface area contributed by atoms with Crippen molar-refractivity contribution in [3.63, 3.8) is 0 Å². The van der Waals surface area contributed by atoms with Gasteiger partial charge in [0.25, 0.3) is 0 Å². The average molecular weight is 1310 g/mol. The van der Waals surface area contributed by atoms with Crippen LogP contribution in [0.2, 0.25) is 0 Å². The third kappa shape index (κ3) is 34.3. The van der Waals surface area contributed by atoms with Gasteiger partial charge in [-0.05, 0) is 0 Å². The monoisotopic (exact) mass is 1330 g/mol. The van der Waals surface area contributed by atoms with Crippen molar-refractivity contribution in [3.05, 3.63) is 0 Å². The Balaban J connectivity index is 16.5. The maximum atomic E-state index is 7.76. The Bertz CT molecular complexity index is 2080. The van der Waals surface area contributed by atoms with Gasteiger partial charge in [0, 0.05) is 816 Å². The van der Waals surface area contributed by atoms with Gasteiger partial charge in [0.15, 0.2) is 0 Å². The van der Waals surface area contributed by atoms with Crippen LogP contribution in [-0.2, 0) is 0 Å². The lowest BCUT2D eigenvalue weighted by Crippen LogP contribution is -2.96. The molecule has 0 nitrogen and oxygen atoms in total. The van der Waals surface area contributed by atoms with Crippen molar-refractivity contribution in [1.29, 1.82) is 0 Å². The smallest absolute Gasteiger partial charge is 0.0527 e. The van der Waals surface area contributed by atoms with Gasteiger partial charge >= 0.3 is 0 Å². The van der Waals surface area contributed by atoms with Gasteiger partial charge in [0.1, 0.15) is 0 Å². The molecular weight excluding hydrogens is 1310 g/mol. The third-order valence-corrected chi connectivity index (χ3v) is 29.1. The van der Waals surface area contributed by atoms with Crippen LogP contribution >= 0.6 is 7.56 Å². The quantitative estimate of drug-likeness (QED) is 0.0421. The van der Waals surface area contributed by atoms with Gasteiger partial charge in [-0.2, -0.15) is 0 Å². The highest BCUT2D eigenvalue weighted by Crippen LogP contribution is 2.54. The number of hydrogen-bond acceptors (Lipinski definition) is 0. The SMILES string of the molecule is [B][B]B([B])B(B([B])[B])B(B(B(B([B])[B])B([B])[B])B(B([B])[B])B([B])[B])B(B(B(B(B([B])[B])B([B])[B])B(B([B])[B])B([B])[B])B(B(B([B])[B])B([B])[B])B(B([B])[B])B([B])[B])P(B(B(B(B([B])[B])B([B])[B])B(B([B])[B])B([B])[B])B(B(B([B])[B])B([B])[B])B(B([B])[B])B([B])[B])B(B(B(B([B])[B])B([B])[B])B(B([B])[B])B([B])[B])B(B(B([B])[B])B([B])[B])B(B([B])[B])B([B])[B]. The molecule has 119 heteroatoms. The first kappa shape index (κ1) is 127. The molecule has 0 spiro atoms. The third-order valence-electron chi connectivity index (χ3n) is 25.0. The van der Waals surface area contributed by atoms with Crippen LogP contribution in [0, 0.1) is 0 Å². The summed E-state index contributed by atoms with van der Waals surface area (Å²) in [6, 6.07) is 0. The molecular formula is B118P.